The molecule has 12 heteroatoms. The number of carbonyl (C=O) groups is 1. The molecule has 0 unspecified atom stereocenters. The minimum absolute atomic E-state index is 0.0738. The molecule has 3 aliphatic rings. The summed E-state index contributed by atoms with van der Waals surface area (Å²) in [5.74, 6) is 0.251. The average Bonchev–Trinajstić information content (AvgIpc) is 3.06. The van der Waals surface area contributed by atoms with Crippen molar-refractivity contribution in [2.45, 2.75) is 57.5 Å². The summed E-state index contributed by atoms with van der Waals surface area (Å²) < 4.78 is 42.7. The molecule has 2 aliphatic heterocycles. The van der Waals surface area contributed by atoms with Crippen LogP contribution in [-0.4, -0.2) is 74.7 Å². The van der Waals surface area contributed by atoms with E-state index in [1.165, 1.54) is 5.69 Å². The van der Waals surface area contributed by atoms with Crippen LogP contribution in [0.25, 0.3) is 0 Å². The number of aryl methyl sites for hydroxylation is 2. The van der Waals surface area contributed by atoms with E-state index in [2.05, 4.69) is 48.9 Å². The lowest BCUT2D eigenvalue weighted by atomic mass is 9.60. The van der Waals surface area contributed by atoms with E-state index in [-0.39, 0.29) is 30.1 Å². The quantitative estimate of drug-likeness (QED) is 0.641. The number of hydrogen-bond acceptors (Lipinski definition) is 5. The lowest BCUT2D eigenvalue weighted by Crippen LogP contribution is -2.68. The highest BCUT2D eigenvalue weighted by molar-refractivity contribution is 5.76. The van der Waals surface area contributed by atoms with Gasteiger partial charge in [-0.05, 0) is 32.1 Å². The Labute approximate surface area is 208 Å². The third-order valence-electron chi connectivity index (χ3n) is 7.75. The number of urea groups is 1. The Hall–Kier alpha value is -2.89. The van der Waals surface area contributed by atoms with Crippen molar-refractivity contribution >= 4 is 12.0 Å². The second-order valence-corrected chi connectivity index (χ2v) is 11.0. The molecule has 1 saturated carbocycles. The zero-order valence-electron chi connectivity index (χ0n) is 21.2. The van der Waals surface area contributed by atoms with Crippen LogP contribution in [0.15, 0.2) is 24.9 Å². The second-order valence-electron chi connectivity index (χ2n) is 11.0. The van der Waals surface area contributed by atoms with E-state index in [1.807, 2.05) is 30.7 Å². The number of rotatable bonds is 4. The van der Waals surface area contributed by atoms with E-state index in [0.717, 1.165) is 44.9 Å². The van der Waals surface area contributed by atoms with Crippen molar-refractivity contribution in [3.05, 3.63) is 36.2 Å². The molecule has 0 aromatic carbocycles. The molecule has 4 heterocycles. The number of aromatic nitrogens is 4. The molecule has 5 rings (SSSR count). The Kier molecular flexibility index (Phi) is 6.12. The number of amides is 2. The third-order valence-corrected chi connectivity index (χ3v) is 7.75. The van der Waals surface area contributed by atoms with Gasteiger partial charge < -0.3 is 15.1 Å². The number of halogens is 3. The third kappa shape index (κ3) is 4.74. The van der Waals surface area contributed by atoms with E-state index in [9.17, 15) is 18.0 Å². The van der Waals surface area contributed by atoms with Gasteiger partial charge in [0.1, 0.15) is 6.20 Å². The number of carbonyl (C=O) groups excluding carboxylic acids is 1. The van der Waals surface area contributed by atoms with Gasteiger partial charge in [0.2, 0.25) is 12.3 Å². The Bertz CT molecular complexity index is 1090. The fraction of sp³-hybridized carbons (Fsp3) is 0.667. The van der Waals surface area contributed by atoms with Crippen LogP contribution < -0.4 is 14.8 Å². The number of alkyl halides is 3. The predicted molar refractivity (Wildman–Crippen MR) is 126 cm³/mol. The van der Waals surface area contributed by atoms with E-state index < -0.39 is 11.7 Å². The molecule has 2 aromatic heterocycles. The number of likely N-dealkylation sites (tertiary alicyclic amines) is 1. The minimum Gasteiger partial charge on any atom is -0.337 e. The van der Waals surface area contributed by atoms with Crippen LogP contribution in [0.2, 0.25) is 0 Å². The SMILES string of the molecule is C[C@@H]1CN(c2ncc(C(F)(F)F)cn2)C[C@H](C)N1C(=O)NC1CC2(C1)CN(Cc1c[n+](C)cn1C)C2. The smallest absolute Gasteiger partial charge is 0.337 e. The summed E-state index contributed by atoms with van der Waals surface area (Å²) in [5, 5.41) is 3.21. The maximum absolute atomic E-state index is 13.1. The second kappa shape index (κ2) is 8.89. The summed E-state index contributed by atoms with van der Waals surface area (Å²) in [5.41, 5.74) is 0.744. The highest BCUT2D eigenvalue weighted by Gasteiger charge is 2.53. The monoisotopic (exact) mass is 507 g/mol. The standard InChI is InChI=1S/C24H33F3N8O/c1-16-9-34(21-28-7-18(8-29-21)24(25,26)27)10-17(2)35(16)22(36)30-19-5-23(6-19)13-33(14-23)12-20-11-31(3)15-32(20)4/h7-8,11,15-17,19H,5-6,9-10,12-14H2,1-4H3/p+1/t16-,17+. The summed E-state index contributed by atoms with van der Waals surface area (Å²) >= 11 is 0. The first-order valence-corrected chi connectivity index (χ1v) is 12.4. The van der Waals surface area contributed by atoms with Gasteiger partial charge in [-0.25, -0.2) is 23.9 Å². The van der Waals surface area contributed by atoms with Crippen LogP contribution in [0.4, 0.5) is 23.9 Å². The molecule has 2 saturated heterocycles. The lowest BCUT2D eigenvalue weighted by molar-refractivity contribution is -0.671. The molecule has 0 radical (unpaired) electrons. The molecular formula is C24H34F3N8O+. The van der Waals surface area contributed by atoms with Gasteiger partial charge >= 0.3 is 12.2 Å². The topological polar surface area (TPSA) is 73.4 Å². The van der Waals surface area contributed by atoms with Gasteiger partial charge in [-0.1, -0.05) is 0 Å². The normalized spacial score (nSPS) is 24.5. The van der Waals surface area contributed by atoms with E-state index in [0.29, 0.717) is 18.5 Å². The van der Waals surface area contributed by atoms with Crippen LogP contribution in [0.3, 0.4) is 0 Å². The van der Waals surface area contributed by atoms with Gasteiger partial charge in [0.05, 0.1) is 26.2 Å². The summed E-state index contributed by atoms with van der Waals surface area (Å²) in [6.45, 7) is 7.88. The van der Waals surface area contributed by atoms with Crippen molar-refractivity contribution in [2.75, 3.05) is 31.1 Å². The first-order valence-electron chi connectivity index (χ1n) is 12.4. The highest BCUT2D eigenvalue weighted by atomic mass is 19.4. The van der Waals surface area contributed by atoms with Gasteiger partial charge in [-0.3, -0.25) is 4.90 Å². The number of nitrogens with one attached hydrogen (secondary N) is 1. The summed E-state index contributed by atoms with van der Waals surface area (Å²) in [7, 11) is 4.10. The van der Waals surface area contributed by atoms with Gasteiger partial charge in [0, 0.05) is 56.7 Å². The van der Waals surface area contributed by atoms with E-state index >= 15 is 0 Å². The largest absolute Gasteiger partial charge is 0.419 e. The molecule has 2 amide bonds. The van der Waals surface area contributed by atoms with Crippen LogP contribution in [-0.2, 0) is 26.8 Å². The van der Waals surface area contributed by atoms with Crippen molar-refractivity contribution in [2.24, 2.45) is 19.5 Å². The molecule has 36 heavy (non-hydrogen) atoms. The molecular weight excluding hydrogens is 473 g/mol. The number of anilines is 1. The Morgan fingerprint density at radius 3 is 2.31 bits per heavy atom. The van der Waals surface area contributed by atoms with Crippen LogP contribution in [0.1, 0.15) is 37.9 Å². The van der Waals surface area contributed by atoms with E-state index in [1.54, 1.807) is 0 Å². The molecule has 1 N–H and O–H groups in total. The first kappa shape index (κ1) is 24.8. The van der Waals surface area contributed by atoms with Crippen molar-refractivity contribution in [3.63, 3.8) is 0 Å². The van der Waals surface area contributed by atoms with Gasteiger partial charge in [-0.2, -0.15) is 13.2 Å². The van der Waals surface area contributed by atoms with Crippen molar-refractivity contribution in [1.82, 2.24) is 29.7 Å². The molecule has 0 bridgehead atoms. The maximum Gasteiger partial charge on any atom is 0.419 e. The molecule has 2 aromatic rings. The number of imidazole rings is 1. The van der Waals surface area contributed by atoms with Gasteiger partial charge in [-0.15, -0.1) is 0 Å². The fourth-order valence-corrected chi connectivity index (χ4v) is 6.21. The summed E-state index contributed by atoms with van der Waals surface area (Å²) in [6, 6.07) is -0.141. The lowest BCUT2D eigenvalue weighted by Gasteiger charge is -2.59. The van der Waals surface area contributed by atoms with E-state index in [4.69, 9.17) is 0 Å². The predicted octanol–water partition coefficient (Wildman–Crippen LogP) is 1.93. The maximum atomic E-state index is 13.1. The molecule has 3 fully saturated rings. The summed E-state index contributed by atoms with van der Waals surface area (Å²) in [6.07, 6.45) is 3.37. The highest BCUT2D eigenvalue weighted by Crippen LogP contribution is 2.48. The first-order chi connectivity index (χ1) is 16.9. The van der Waals surface area contributed by atoms with Crippen LogP contribution in [0.5, 0.6) is 0 Å². The number of piperazine rings is 1. The zero-order chi connectivity index (χ0) is 25.8. The average molecular weight is 508 g/mol. The Balaban J connectivity index is 1.09. The zero-order valence-corrected chi connectivity index (χ0v) is 21.2. The van der Waals surface area contributed by atoms with Crippen molar-refractivity contribution in [3.8, 4) is 0 Å². The molecule has 9 nitrogen and oxygen atoms in total. The van der Waals surface area contributed by atoms with Crippen molar-refractivity contribution in [1.29, 1.82) is 0 Å². The molecule has 1 aliphatic carbocycles. The van der Waals surface area contributed by atoms with Crippen LogP contribution >= 0.6 is 0 Å². The van der Waals surface area contributed by atoms with Crippen LogP contribution in [0, 0.1) is 5.41 Å². The number of nitrogens with zero attached hydrogens (tertiary/aromatic N) is 7. The molecule has 1 spiro atoms. The van der Waals surface area contributed by atoms with Crippen molar-refractivity contribution < 1.29 is 22.5 Å². The molecule has 196 valence electrons. The van der Waals surface area contributed by atoms with Gasteiger partial charge in [0.15, 0.2) is 5.69 Å². The Morgan fingerprint density at radius 1 is 1.17 bits per heavy atom. The summed E-state index contributed by atoms with van der Waals surface area (Å²) in [4.78, 5) is 27.1. The van der Waals surface area contributed by atoms with Gasteiger partial charge in [0.25, 0.3) is 0 Å². The fourth-order valence-electron chi connectivity index (χ4n) is 6.21. The number of hydrogen-bond donors (Lipinski definition) is 1. The Morgan fingerprint density at radius 2 is 1.78 bits per heavy atom. The minimum atomic E-state index is -4.46. The molecule has 2 atom stereocenters.